The highest BCUT2D eigenvalue weighted by Gasteiger charge is 2.28. The Kier molecular flexibility index (Phi) is 4.18. The van der Waals surface area contributed by atoms with Crippen molar-refractivity contribution < 1.29 is 14.2 Å². The second-order valence-corrected chi connectivity index (χ2v) is 6.77. The lowest BCUT2D eigenvalue weighted by atomic mass is 9.84. The number of ether oxygens (including phenoxy) is 1. The van der Waals surface area contributed by atoms with Crippen molar-refractivity contribution in [3.05, 3.63) is 71.5 Å². The van der Waals surface area contributed by atoms with Gasteiger partial charge >= 0.3 is 0 Å². The first-order valence-electron chi connectivity index (χ1n) is 7.99. The first kappa shape index (κ1) is 16.3. The van der Waals surface area contributed by atoms with Crippen molar-refractivity contribution in [3.63, 3.8) is 0 Å². The van der Waals surface area contributed by atoms with E-state index >= 15 is 0 Å². The Balaban J connectivity index is 1.87. The van der Waals surface area contributed by atoms with E-state index in [1.54, 1.807) is 0 Å². The molecule has 0 saturated carbocycles. The maximum Gasteiger partial charge on any atom is 0.130 e. The highest BCUT2D eigenvalue weighted by molar-refractivity contribution is 5.86. The number of rotatable bonds is 4. The molecular formula is C21H21FO2. The summed E-state index contributed by atoms with van der Waals surface area (Å²) in [5.74, 6) is 0.284. The van der Waals surface area contributed by atoms with Gasteiger partial charge in [0.2, 0.25) is 0 Å². The molecule has 0 aromatic heterocycles. The van der Waals surface area contributed by atoms with E-state index in [4.69, 9.17) is 4.74 Å². The Morgan fingerprint density at radius 1 is 1.04 bits per heavy atom. The summed E-state index contributed by atoms with van der Waals surface area (Å²) in [7, 11) is 0. The van der Waals surface area contributed by atoms with Crippen LogP contribution < -0.4 is 4.74 Å². The summed E-state index contributed by atoms with van der Waals surface area (Å²) < 4.78 is 20.1. The van der Waals surface area contributed by atoms with E-state index in [9.17, 15) is 9.50 Å². The number of fused-ring (bicyclic) bond motifs is 1. The fourth-order valence-corrected chi connectivity index (χ4v) is 3.07. The molecule has 24 heavy (non-hydrogen) atoms. The highest BCUT2D eigenvalue weighted by atomic mass is 19.1. The minimum absolute atomic E-state index is 0.0432. The summed E-state index contributed by atoms with van der Waals surface area (Å²) in [4.78, 5) is 0. The van der Waals surface area contributed by atoms with Gasteiger partial charge in [-0.25, -0.2) is 4.39 Å². The second kappa shape index (κ2) is 6.16. The molecule has 0 atom stereocenters. The molecule has 3 rings (SSSR count). The molecule has 3 aromatic carbocycles. The number of hydrogen-bond donors (Lipinski definition) is 1. The lowest BCUT2D eigenvalue weighted by Gasteiger charge is -2.26. The summed E-state index contributed by atoms with van der Waals surface area (Å²) in [6.07, 6.45) is 0. The van der Waals surface area contributed by atoms with Gasteiger partial charge in [0, 0.05) is 11.0 Å². The minimum atomic E-state index is -0.658. The van der Waals surface area contributed by atoms with Gasteiger partial charge in [0.15, 0.2) is 0 Å². The van der Waals surface area contributed by atoms with Crippen LogP contribution in [0.1, 0.15) is 25.0 Å². The number of phenols is 1. The van der Waals surface area contributed by atoms with E-state index in [1.165, 1.54) is 23.6 Å². The molecule has 0 unspecified atom stereocenters. The fraction of sp³-hybridized carbons (Fsp3) is 0.238. The Labute approximate surface area is 141 Å². The molecule has 0 fully saturated rings. The normalized spacial score (nSPS) is 11.7. The fourth-order valence-electron chi connectivity index (χ4n) is 3.07. The van der Waals surface area contributed by atoms with Gasteiger partial charge in [-0.2, -0.15) is 0 Å². The number of benzene rings is 3. The molecule has 0 radical (unpaired) electrons. The molecule has 0 aliphatic carbocycles. The standard InChI is InChI=1S/C21H21FO2/c1-14-11-16(12-15-7-4-5-8-17(14)15)24-13-21(2,3)20-18(22)9-6-10-19(20)23/h4-12,23H,13H2,1-3H3. The monoisotopic (exact) mass is 324 g/mol. The van der Waals surface area contributed by atoms with Crippen molar-refractivity contribution >= 4 is 10.8 Å². The molecule has 2 nitrogen and oxygen atoms in total. The first-order valence-corrected chi connectivity index (χ1v) is 7.99. The predicted molar refractivity (Wildman–Crippen MR) is 95.3 cm³/mol. The summed E-state index contributed by atoms with van der Waals surface area (Å²) in [5.41, 5.74) is 0.756. The van der Waals surface area contributed by atoms with E-state index in [1.807, 2.05) is 51.1 Å². The maximum absolute atomic E-state index is 14.1. The lowest BCUT2D eigenvalue weighted by molar-refractivity contribution is 0.232. The smallest absolute Gasteiger partial charge is 0.130 e. The first-order chi connectivity index (χ1) is 11.4. The maximum atomic E-state index is 14.1. The average Bonchev–Trinajstić information content (AvgIpc) is 2.53. The molecule has 0 amide bonds. The lowest BCUT2D eigenvalue weighted by Crippen LogP contribution is -2.27. The van der Waals surface area contributed by atoms with Crippen LogP contribution >= 0.6 is 0 Å². The predicted octanol–water partition coefficient (Wildman–Crippen LogP) is 5.35. The quantitative estimate of drug-likeness (QED) is 0.701. The third-order valence-corrected chi connectivity index (χ3v) is 4.31. The van der Waals surface area contributed by atoms with E-state index in [0.29, 0.717) is 0 Å². The summed E-state index contributed by atoms with van der Waals surface area (Å²) >= 11 is 0. The molecular weight excluding hydrogens is 303 g/mol. The third kappa shape index (κ3) is 3.07. The van der Waals surface area contributed by atoms with Gasteiger partial charge in [-0.1, -0.05) is 44.2 Å². The molecule has 1 N–H and O–H groups in total. The van der Waals surface area contributed by atoms with Crippen LogP contribution in [0.3, 0.4) is 0 Å². The van der Waals surface area contributed by atoms with Gasteiger partial charge in [0.05, 0.1) is 6.61 Å². The Morgan fingerprint density at radius 3 is 2.54 bits per heavy atom. The molecule has 124 valence electrons. The van der Waals surface area contributed by atoms with Crippen LogP contribution in [0, 0.1) is 12.7 Å². The topological polar surface area (TPSA) is 29.5 Å². The van der Waals surface area contributed by atoms with Crippen molar-refractivity contribution in [2.75, 3.05) is 6.61 Å². The molecule has 0 saturated heterocycles. The van der Waals surface area contributed by atoms with Gasteiger partial charge in [0.1, 0.15) is 17.3 Å². The van der Waals surface area contributed by atoms with E-state index < -0.39 is 11.2 Å². The minimum Gasteiger partial charge on any atom is -0.508 e. The largest absolute Gasteiger partial charge is 0.508 e. The summed E-state index contributed by atoms with van der Waals surface area (Å²) in [6.45, 7) is 6.03. The number of hydrogen-bond acceptors (Lipinski definition) is 2. The molecule has 0 spiro atoms. The molecule has 3 aromatic rings. The van der Waals surface area contributed by atoms with Crippen molar-refractivity contribution in [3.8, 4) is 11.5 Å². The van der Waals surface area contributed by atoms with E-state index in [2.05, 4.69) is 6.07 Å². The van der Waals surface area contributed by atoms with Crippen LogP contribution in [0.25, 0.3) is 10.8 Å². The van der Waals surface area contributed by atoms with Crippen molar-refractivity contribution in [2.24, 2.45) is 0 Å². The molecule has 0 bridgehead atoms. The number of halogens is 1. The van der Waals surface area contributed by atoms with Gasteiger partial charge in [0.25, 0.3) is 0 Å². The van der Waals surface area contributed by atoms with E-state index in [-0.39, 0.29) is 17.9 Å². The SMILES string of the molecule is Cc1cc(OCC(C)(C)c2c(O)cccc2F)cc2ccccc12. The van der Waals surface area contributed by atoms with Crippen molar-refractivity contribution in [1.82, 2.24) is 0 Å². The Bertz CT molecular complexity index is 864. The van der Waals surface area contributed by atoms with Crippen LogP contribution in [0.4, 0.5) is 4.39 Å². The van der Waals surface area contributed by atoms with Crippen LogP contribution in [0.5, 0.6) is 11.5 Å². The number of aromatic hydroxyl groups is 1. The van der Waals surface area contributed by atoms with E-state index in [0.717, 1.165) is 16.7 Å². The van der Waals surface area contributed by atoms with Crippen LogP contribution in [0.2, 0.25) is 0 Å². The molecule has 3 heteroatoms. The Morgan fingerprint density at radius 2 is 1.79 bits per heavy atom. The zero-order valence-corrected chi connectivity index (χ0v) is 14.1. The summed E-state index contributed by atoms with van der Waals surface area (Å²) in [5, 5.41) is 12.3. The summed E-state index contributed by atoms with van der Waals surface area (Å²) in [6, 6.07) is 16.5. The van der Waals surface area contributed by atoms with Gasteiger partial charge in [-0.3, -0.25) is 0 Å². The number of aryl methyl sites for hydroxylation is 1. The van der Waals surface area contributed by atoms with Crippen LogP contribution in [-0.2, 0) is 5.41 Å². The van der Waals surface area contributed by atoms with Gasteiger partial charge < -0.3 is 9.84 Å². The third-order valence-electron chi connectivity index (χ3n) is 4.31. The van der Waals surface area contributed by atoms with Crippen LogP contribution in [-0.4, -0.2) is 11.7 Å². The molecule has 0 heterocycles. The van der Waals surface area contributed by atoms with Gasteiger partial charge in [-0.05, 0) is 47.5 Å². The average molecular weight is 324 g/mol. The van der Waals surface area contributed by atoms with Gasteiger partial charge in [-0.15, -0.1) is 0 Å². The highest BCUT2D eigenvalue weighted by Crippen LogP contribution is 2.34. The Hall–Kier alpha value is -2.55. The zero-order valence-electron chi connectivity index (χ0n) is 14.1. The second-order valence-electron chi connectivity index (χ2n) is 6.77. The zero-order chi connectivity index (χ0) is 17.3. The molecule has 0 aliphatic heterocycles. The van der Waals surface area contributed by atoms with Crippen LogP contribution in [0.15, 0.2) is 54.6 Å². The number of phenolic OH excluding ortho intramolecular Hbond substituents is 1. The molecule has 0 aliphatic rings. The van der Waals surface area contributed by atoms with Crippen molar-refractivity contribution in [2.45, 2.75) is 26.2 Å². The van der Waals surface area contributed by atoms with Crippen molar-refractivity contribution in [1.29, 1.82) is 0 Å².